The van der Waals surface area contributed by atoms with Crippen molar-refractivity contribution in [3.63, 3.8) is 0 Å². The summed E-state index contributed by atoms with van der Waals surface area (Å²) in [5.74, 6) is 0.0129. The van der Waals surface area contributed by atoms with Crippen molar-refractivity contribution in [1.29, 1.82) is 0 Å². The second kappa shape index (κ2) is 5.85. The highest BCUT2D eigenvalue weighted by Gasteiger charge is 2.09. The first-order chi connectivity index (χ1) is 9.06. The van der Waals surface area contributed by atoms with Gasteiger partial charge in [-0.1, -0.05) is 29.8 Å². The minimum atomic E-state index is -0.814. The number of hydrogen-bond acceptors (Lipinski definition) is 2. The largest absolute Gasteiger partial charge is 0.489 e. The highest BCUT2D eigenvalue weighted by atomic mass is 19.1. The third kappa shape index (κ3) is 3.55. The standard InChI is InChI=1S/C16H17FO2/c1-11-3-5-13(6-4-11)10-19-14-7-8-15(12(2)18)16(17)9-14/h3-9,12,18H,10H2,1-2H3/t12-/m0/s1. The first-order valence-electron chi connectivity index (χ1n) is 6.22. The average Bonchev–Trinajstić information content (AvgIpc) is 2.37. The van der Waals surface area contributed by atoms with Crippen LogP contribution in [0.2, 0.25) is 0 Å². The van der Waals surface area contributed by atoms with Crippen molar-refractivity contribution in [3.8, 4) is 5.75 Å². The lowest BCUT2D eigenvalue weighted by atomic mass is 10.1. The molecule has 0 radical (unpaired) electrons. The SMILES string of the molecule is Cc1ccc(COc2ccc([C@H](C)O)c(F)c2)cc1. The van der Waals surface area contributed by atoms with Gasteiger partial charge in [0.15, 0.2) is 0 Å². The molecule has 2 aromatic rings. The van der Waals surface area contributed by atoms with E-state index in [9.17, 15) is 9.50 Å². The molecule has 0 saturated carbocycles. The summed E-state index contributed by atoms with van der Waals surface area (Å²) in [5.41, 5.74) is 2.50. The Morgan fingerprint density at radius 2 is 1.84 bits per heavy atom. The Labute approximate surface area is 112 Å². The summed E-state index contributed by atoms with van der Waals surface area (Å²) in [7, 11) is 0. The fraction of sp³-hybridized carbons (Fsp3) is 0.250. The van der Waals surface area contributed by atoms with Crippen molar-refractivity contribution >= 4 is 0 Å². The van der Waals surface area contributed by atoms with Crippen molar-refractivity contribution in [2.24, 2.45) is 0 Å². The maximum atomic E-state index is 13.6. The van der Waals surface area contributed by atoms with Gasteiger partial charge in [0.1, 0.15) is 18.2 Å². The zero-order valence-electron chi connectivity index (χ0n) is 11.1. The Morgan fingerprint density at radius 1 is 1.16 bits per heavy atom. The van der Waals surface area contributed by atoms with Gasteiger partial charge in [0.2, 0.25) is 0 Å². The maximum absolute atomic E-state index is 13.6. The molecule has 0 spiro atoms. The monoisotopic (exact) mass is 260 g/mol. The molecule has 1 N–H and O–H groups in total. The van der Waals surface area contributed by atoms with Crippen LogP contribution in [0.25, 0.3) is 0 Å². The Hall–Kier alpha value is -1.87. The van der Waals surface area contributed by atoms with Crippen LogP contribution in [0.1, 0.15) is 29.7 Å². The zero-order chi connectivity index (χ0) is 13.8. The van der Waals surface area contributed by atoms with E-state index in [0.717, 1.165) is 5.56 Å². The summed E-state index contributed by atoms with van der Waals surface area (Å²) in [6.45, 7) is 3.95. The summed E-state index contributed by atoms with van der Waals surface area (Å²) in [5, 5.41) is 9.35. The van der Waals surface area contributed by atoms with Gasteiger partial charge in [-0.15, -0.1) is 0 Å². The van der Waals surface area contributed by atoms with Crippen LogP contribution < -0.4 is 4.74 Å². The van der Waals surface area contributed by atoms with E-state index in [-0.39, 0.29) is 5.56 Å². The third-order valence-corrected chi connectivity index (χ3v) is 2.95. The summed E-state index contributed by atoms with van der Waals surface area (Å²) < 4.78 is 19.2. The molecule has 19 heavy (non-hydrogen) atoms. The van der Waals surface area contributed by atoms with Gasteiger partial charge in [-0.25, -0.2) is 4.39 Å². The van der Waals surface area contributed by atoms with Crippen LogP contribution in [-0.4, -0.2) is 5.11 Å². The number of aliphatic hydroxyl groups is 1. The second-order valence-corrected chi connectivity index (χ2v) is 4.63. The Kier molecular flexibility index (Phi) is 4.17. The molecule has 3 heteroatoms. The molecule has 0 unspecified atom stereocenters. The summed E-state index contributed by atoms with van der Waals surface area (Å²) in [6.07, 6.45) is -0.814. The number of hydrogen-bond donors (Lipinski definition) is 1. The topological polar surface area (TPSA) is 29.5 Å². The van der Waals surface area contributed by atoms with Crippen molar-refractivity contribution in [2.45, 2.75) is 26.6 Å². The van der Waals surface area contributed by atoms with Gasteiger partial charge in [-0.3, -0.25) is 0 Å². The molecule has 0 aliphatic rings. The van der Waals surface area contributed by atoms with Crippen LogP contribution in [0.15, 0.2) is 42.5 Å². The van der Waals surface area contributed by atoms with Crippen LogP contribution in [0.5, 0.6) is 5.75 Å². The lowest BCUT2D eigenvalue weighted by Crippen LogP contribution is -1.99. The molecule has 0 heterocycles. The van der Waals surface area contributed by atoms with Gasteiger partial charge in [0.05, 0.1) is 6.10 Å². The normalized spacial score (nSPS) is 12.2. The van der Waals surface area contributed by atoms with E-state index in [0.29, 0.717) is 12.4 Å². The van der Waals surface area contributed by atoms with Crippen LogP contribution >= 0.6 is 0 Å². The molecule has 2 rings (SSSR count). The van der Waals surface area contributed by atoms with Gasteiger partial charge in [-0.2, -0.15) is 0 Å². The maximum Gasteiger partial charge on any atom is 0.132 e. The number of benzene rings is 2. The lowest BCUT2D eigenvalue weighted by Gasteiger charge is -2.10. The Bertz CT molecular complexity index is 547. The van der Waals surface area contributed by atoms with E-state index in [2.05, 4.69) is 0 Å². The molecule has 1 atom stereocenters. The zero-order valence-corrected chi connectivity index (χ0v) is 11.1. The van der Waals surface area contributed by atoms with Gasteiger partial charge < -0.3 is 9.84 Å². The predicted molar refractivity (Wildman–Crippen MR) is 72.5 cm³/mol. The van der Waals surface area contributed by atoms with E-state index in [1.807, 2.05) is 31.2 Å². The fourth-order valence-corrected chi connectivity index (χ4v) is 1.79. The first-order valence-corrected chi connectivity index (χ1v) is 6.22. The van der Waals surface area contributed by atoms with Crippen LogP contribution in [0, 0.1) is 12.7 Å². The number of halogens is 1. The first kappa shape index (κ1) is 13.6. The number of ether oxygens (including phenoxy) is 1. The van der Waals surface area contributed by atoms with Crippen molar-refractivity contribution < 1.29 is 14.2 Å². The average molecular weight is 260 g/mol. The quantitative estimate of drug-likeness (QED) is 0.906. The fourth-order valence-electron chi connectivity index (χ4n) is 1.79. The summed E-state index contributed by atoms with van der Waals surface area (Å²) in [4.78, 5) is 0. The number of aliphatic hydroxyl groups excluding tert-OH is 1. The van der Waals surface area contributed by atoms with Gasteiger partial charge in [0, 0.05) is 11.6 Å². The molecule has 0 saturated heterocycles. The minimum Gasteiger partial charge on any atom is -0.489 e. The highest BCUT2D eigenvalue weighted by molar-refractivity contribution is 5.30. The highest BCUT2D eigenvalue weighted by Crippen LogP contribution is 2.22. The molecule has 0 amide bonds. The van der Waals surface area contributed by atoms with Crippen LogP contribution in [0.4, 0.5) is 4.39 Å². The summed E-state index contributed by atoms with van der Waals surface area (Å²) >= 11 is 0. The minimum absolute atomic E-state index is 0.280. The number of aryl methyl sites for hydroxylation is 1. The Balaban J connectivity index is 2.04. The van der Waals surface area contributed by atoms with Crippen molar-refractivity contribution in [2.75, 3.05) is 0 Å². The molecule has 0 aromatic heterocycles. The van der Waals surface area contributed by atoms with Crippen LogP contribution in [-0.2, 0) is 6.61 Å². The van der Waals surface area contributed by atoms with Crippen molar-refractivity contribution in [3.05, 3.63) is 65.0 Å². The van der Waals surface area contributed by atoms with E-state index in [1.165, 1.54) is 18.6 Å². The second-order valence-electron chi connectivity index (χ2n) is 4.63. The van der Waals surface area contributed by atoms with E-state index >= 15 is 0 Å². The van der Waals surface area contributed by atoms with Gasteiger partial charge in [0.25, 0.3) is 0 Å². The summed E-state index contributed by atoms with van der Waals surface area (Å²) in [6, 6.07) is 12.5. The molecule has 2 nitrogen and oxygen atoms in total. The van der Waals surface area contributed by atoms with E-state index in [1.54, 1.807) is 12.1 Å². The molecule has 2 aromatic carbocycles. The molecule has 0 aliphatic carbocycles. The molecular formula is C16H17FO2. The molecule has 0 aliphatic heterocycles. The molecular weight excluding hydrogens is 243 g/mol. The molecule has 100 valence electrons. The molecule has 0 bridgehead atoms. The van der Waals surface area contributed by atoms with E-state index in [4.69, 9.17) is 4.74 Å². The number of rotatable bonds is 4. The smallest absolute Gasteiger partial charge is 0.132 e. The lowest BCUT2D eigenvalue weighted by molar-refractivity contribution is 0.194. The van der Waals surface area contributed by atoms with E-state index < -0.39 is 11.9 Å². The van der Waals surface area contributed by atoms with Gasteiger partial charge in [-0.05, 0) is 31.5 Å². The molecule has 0 fully saturated rings. The van der Waals surface area contributed by atoms with Crippen molar-refractivity contribution in [1.82, 2.24) is 0 Å². The van der Waals surface area contributed by atoms with Gasteiger partial charge >= 0.3 is 0 Å². The predicted octanol–water partition coefficient (Wildman–Crippen LogP) is 3.77. The Morgan fingerprint density at radius 3 is 2.42 bits per heavy atom. The third-order valence-electron chi connectivity index (χ3n) is 2.95. The van der Waals surface area contributed by atoms with Crippen LogP contribution in [0.3, 0.4) is 0 Å².